The van der Waals surface area contributed by atoms with Crippen LogP contribution in [0.5, 0.6) is 0 Å². The average Bonchev–Trinajstić information content (AvgIpc) is 2.85. The molecule has 0 aliphatic heterocycles. The van der Waals surface area contributed by atoms with Gasteiger partial charge in [-0.05, 0) is 5.92 Å². The SMILES string of the molecule is CC[C@H](C)[C@H](N)C(=O)NCCc1noc(C(C)C)n1.Cl. The quantitative estimate of drug-likeness (QED) is 0.798. The Labute approximate surface area is 126 Å². The van der Waals surface area contributed by atoms with Gasteiger partial charge in [0.25, 0.3) is 0 Å². The summed E-state index contributed by atoms with van der Waals surface area (Å²) in [5.74, 6) is 1.51. The Morgan fingerprint density at radius 1 is 1.40 bits per heavy atom. The van der Waals surface area contributed by atoms with Crippen LogP contribution in [0.3, 0.4) is 0 Å². The fourth-order valence-electron chi connectivity index (χ4n) is 1.53. The molecule has 0 spiro atoms. The van der Waals surface area contributed by atoms with Gasteiger partial charge < -0.3 is 15.6 Å². The molecule has 0 saturated carbocycles. The molecule has 0 aromatic carbocycles. The molecule has 7 heteroatoms. The van der Waals surface area contributed by atoms with Crippen LogP contribution in [0.4, 0.5) is 0 Å². The van der Waals surface area contributed by atoms with Crippen LogP contribution in [0, 0.1) is 5.92 Å². The maximum absolute atomic E-state index is 11.7. The van der Waals surface area contributed by atoms with Crippen LogP contribution in [-0.4, -0.2) is 28.6 Å². The van der Waals surface area contributed by atoms with E-state index in [1.165, 1.54) is 0 Å². The zero-order valence-corrected chi connectivity index (χ0v) is 13.4. The van der Waals surface area contributed by atoms with Gasteiger partial charge in [-0.15, -0.1) is 12.4 Å². The second-order valence-electron chi connectivity index (χ2n) is 5.16. The number of halogens is 1. The number of carbonyl (C=O) groups excluding carboxylic acids is 1. The smallest absolute Gasteiger partial charge is 0.237 e. The monoisotopic (exact) mass is 304 g/mol. The fraction of sp³-hybridized carbons (Fsp3) is 0.769. The maximum Gasteiger partial charge on any atom is 0.237 e. The predicted octanol–water partition coefficient (Wildman–Crippen LogP) is 1.65. The number of carbonyl (C=O) groups is 1. The lowest BCUT2D eigenvalue weighted by molar-refractivity contribution is -0.123. The number of aromatic nitrogens is 2. The summed E-state index contributed by atoms with van der Waals surface area (Å²) in [6.45, 7) is 8.44. The lowest BCUT2D eigenvalue weighted by Gasteiger charge is -2.17. The summed E-state index contributed by atoms with van der Waals surface area (Å²) in [6.07, 6.45) is 1.44. The Morgan fingerprint density at radius 3 is 2.55 bits per heavy atom. The summed E-state index contributed by atoms with van der Waals surface area (Å²) in [6, 6.07) is -0.457. The zero-order chi connectivity index (χ0) is 14.4. The van der Waals surface area contributed by atoms with Crippen LogP contribution in [0.25, 0.3) is 0 Å². The lowest BCUT2D eigenvalue weighted by Crippen LogP contribution is -2.45. The van der Waals surface area contributed by atoms with Crippen LogP contribution in [0.2, 0.25) is 0 Å². The molecule has 0 aliphatic carbocycles. The van der Waals surface area contributed by atoms with E-state index in [2.05, 4.69) is 15.5 Å². The molecule has 1 heterocycles. The van der Waals surface area contributed by atoms with Crippen molar-refractivity contribution in [2.45, 2.75) is 52.5 Å². The second-order valence-corrected chi connectivity index (χ2v) is 5.16. The minimum absolute atomic E-state index is 0. The number of hydrogen-bond donors (Lipinski definition) is 2. The normalized spacial score (nSPS) is 13.7. The molecule has 0 radical (unpaired) electrons. The molecule has 0 saturated heterocycles. The van der Waals surface area contributed by atoms with Crippen molar-refractivity contribution >= 4 is 18.3 Å². The highest BCUT2D eigenvalue weighted by Gasteiger charge is 2.19. The third kappa shape index (κ3) is 5.46. The molecule has 20 heavy (non-hydrogen) atoms. The van der Waals surface area contributed by atoms with Gasteiger partial charge in [-0.25, -0.2) is 0 Å². The van der Waals surface area contributed by atoms with Crippen molar-refractivity contribution < 1.29 is 9.32 Å². The molecule has 6 nitrogen and oxygen atoms in total. The molecule has 0 fully saturated rings. The first-order valence-corrected chi connectivity index (χ1v) is 6.81. The number of nitrogens with two attached hydrogens (primary N) is 1. The third-order valence-corrected chi connectivity index (χ3v) is 3.19. The second kappa shape index (κ2) is 8.92. The number of amides is 1. The molecule has 0 unspecified atom stereocenters. The van der Waals surface area contributed by atoms with Gasteiger partial charge in [-0.2, -0.15) is 4.98 Å². The summed E-state index contributed by atoms with van der Waals surface area (Å²) in [7, 11) is 0. The van der Waals surface area contributed by atoms with E-state index in [0.29, 0.717) is 24.7 Å². The Hall–Kier alpha value is -1.14. The van der Waals surface area contributed by atoms with E-state index in [1.54, 1.807) is 0 Å². The van der Waals surface area contributed by atoms with E-state index >= 15 is 0 Å². The highest BCUT2D eigenvalue weighted by Crippen LogP contribution is 2.10. The van der Waals surface area contributed by atoms with Crippen LogP contribution >= 0.6 is 12.4 Å². The molecule has 116 valence electrons. The van der Waals surface area contributed by atoms with Gasteiger partial charge in [0.1, 0.15) is 0 Å². The first-order valence-electron chi connectivity index (χ1n) is 6.81. The minimum Gasteiger partial charge on any atom is -0.354 e. The van der Waals surface area contributed by atoms with E-state index in [0.717, 1.165) is 6.42 Å². The van der Waals surface area contributed by atoms with Crippen LogP contribution in [0.1, 0.15) is 51.7 Å². The molecular formula is C13H25ClN4O2. The van der Waals surface area contributed by atoms with E-state index in [1.807, 2.05) is 27.7 Å². The molecule has 1 amide bonds. The summed E-state index contributed by atoms with van der Waals surface area (Å²) >= 11 is 0. The molecule has 1 aromatic rings. The van der Waals surface area contributed by atoms with Crippen molar-refractivity contribution in [3.8, 4) is 0 Å². The first-order chi connectivity index (χ1) is 8.95. The minimum atomic E-state index is -0.457. The molecule has 3 N–H and O–H groups in total. The van der Waals surface area contributed by atoms with Gasteiger partial charge in [0.2, 0.25) is 11.8 Å². The maximum atomic E-state index is 11.7. The molecular weight excluding hydrogens is 280 g/mol. The van der Waals surface area contributed by atoms with E-state index < -0.39 is 6.04 Å². The third-order valence-electron chi connectivity index (χ3n) is 3.19. The summed E-state index contributed by atoms with van der Waals surface area (Å²) in [5.41, 5.74) is 5.83. The summed E-state index contributed by atoms with van der Waals surface area (Å²) in [4.78, 5) is 16.0. The molecule has 1 rings (SSSR count). The fourth-order valence-corrected chi connectivity index (χ4v) is 1.53. The van der Waals surface area contributed by atoms with Gasteiger partial charge in [-0.3, -0.25) is 4.79 Å². The number of nitrogens with one attached hydrogen (secondary N) is 1. The van der Waals surface area contributed by atoms with Crippen molar-refractivity contribution in [2.75, 3.05) is 6.54 Å². The average molecular weight is 305 g/mol. The Balaban J connectivity index is 0.00000361. The van der Waals surface area contributed by atoms with E-state index in [9.17, 15) is 4.79 Å². The number of hydrogen-bond acceptors (Lipinski definition) is 5. The topological polar surface area (TPSA) is 94.0 Å². The number of nitrogens with zero attached hydrogens (tertiary/aromatic N) is 2. The summed E-state index contributed by atoms with van der Waals surface area (Å²) < 4.78 is 5.09. The van der Waals surface area contributed by atoms with Crippen LogP contribution in [0.15, 0.2) is 4.52 Å². The van der Waals surface area contributed by atoms with E-state index in [-0.39, 0.29) is 30.2 Å². The first kappa shape index (κ1) is 18.9. The standard InChI is InChI=1S/C13H24N4O2.ClH/c1-5-9(4)11(14)12(18)15-7-6-10-16-13(8(2)3)19-17-10;/h8-9,11H,5-7,14H2,1-4H3,(H,15,18);1H/t9-,11-;/m0./s1. The molecule has 0 bridgehead atoms. The Bertz CT molecular complexity index is 409. The van der Waals surface area contributed by atoms with Crippen molar-refractivity contribution in [3.63, 3.8) is 0 Å². The Morgan fingerprint density at radius 2 is 2.05 bits per heavy atom. The highest BCUT2D eigenvalue weighted by atomic mass is 35.5. The van der Waals surface area contributed by atoms with Gasteiger partial charge in [0, 0.05) is 18.9 Å². The van der Waals surface area contributed by atoms with Crippen LogP contribution in [-0.2, 0) is 11.2 Å². The van der Waals surface area contributed by atoms with Gasteiger partial charge in [-0.1, -0.05) is 39.3 Å². The van der Waals surface area contributed by atoms with Gasteiger partial charge >= 0.3 is 0 Å². The zero-order valence-electron chi connectivity index (χ0n) is 12.5. The van der Waals surface area contributed by atoms with Gasteiger partial charge in [0.15, 0.2) is 5.82 Å². The molecule has 0 aliphatic rings. The highest BCUT2D eigenvalue weighted by molar-refractivity contribution is 5.85. The Kier molecular flexibility index (Phi) is 8.41. The molecule has 2 atom stereocenters. The van der Waals surface area contributed by atoms with Crippen molar-refractivity contribution in [1.82, 2.24) is 15.5 Å². The van der Waals surface area contributed by atoms with Crippen molar-refractivity contribution in [1.29, 1.82) is 0 Å². The van der Waals surface area contributed by atoms with E-state index in [4.69, 9.17) is 10.3 Å². The van der Waals surface area contributed by atoms with Crippen LogP contribution < -0.4 is 11.1 Å². The van der Waals surface area contributed by atoms with Crippen molar-refractivity contribution in [3.05, 3.63) is 11.7 Å². The lowest BCUT2D eigenvalue weighted by atomic mass is 9.99. The predicted molar refractivity (Wildman–Crippen MR) is 79.8 cm³/mol. The van der Waals surface area contributed by atoms with Crippen molar-refractivity contribution in [2.24, 2.45) is 11.7 Å². The number of rotatable bonds is 7. The summed E-state index contributed by atoms with van der Waals surface area (Å²) in [5, 5.41) is 6.66. The molecule has 1 aromatic heterocycles. The van der Waals surface area contributed by atoms with Gasteiger partial charge in [0.05, 0.1) is 6.04 Å². The largest absolute Gasteiger partial charge is 0.354 e.